The summed E-state index contributed by atoms with van der Waals surface area (Å²) in [6, 6.07) is 14.2. The van der Waals surface area contributed by atoms with Crippen LogP contribution in [0.5, 0.6) is 5.75 Å². The number of hydrogen-bond acceptors (Lipinski definition) is 4. The van der Waals surface area contributed by atoms with Crippen LogP contribution in [0.15, 0.2) is 42.5 Å². The maximum Gasteiger partial charge on any atom is 0.255 e. The standard InChI is InChI=1S/C19H21N3O2/c1-20-16-10-11-22-17-14(16)4-3-5-15(17)19(23)21-18(22)12-6-8-13(24-2)9-7-12/h3-9,16,18,20H,10-11H2,1-2H3,(H,21,23). The minimum absolute atomic E-state index is 0.0133. The van der Waals surface area contributed by atoms with Crippen LogP contribution >= 0.6 is 0 Å². The third-order valence-electron chi connectivity index (χ3n) is 4.99. The van der Waals surface area contributed by atoms with Crippen LogP contribution in [0.4, 0.5) is 5.69 Å². The summed E-state index contributed by atoms with van der Waals surface area (Å²) >= 11 is 0. The molecule has 0 spiro atoms. The van der Waals surface area contributed by atoms with Crippen LogP contribution in [0.2, 0.25) is 0 Å². The third-order valence-corrected chi connectivity index (χ3v) is 4.99. The minimum atomic E-state index is -0.144. The first kappa shape index (κ1) is 15.0. The van der Waals surface area contributed by atoms with E-state index in [1.807, 2.05) is 43.4 Å². The van der Waals surface area contributed by atoms with Gasteiger partial charge in [0.25, 0.3) is 5.91 Å². The summed E-state index contributed by atoms with van der Waals surface area (Å²) in [6.45, 7) is 0.895. The molecule has 2 heterocycles. The Kier molecular flexibility index (Phi) is 3.65. The fraction of sp³-hybridized carbons (Fsp3) is 0.316. The average Bonchev–Trinajstić information content (AvgIpc) is 2.64. The number of methoxy groups -OCH3 is 1. The van der Waals surface area contributed by atoms with Crippen LogP contribution in [0.25, 0.3) is 0 Å². The number of hydrogen-bond donors (Lipinski definition) is 2. The van der Waals surface area contributed by atoms with Crippen LogP contribution in [0, 0.1) is 0 Å². The highest BCUT2D eigenvalue weighted by Crippen LogP contribution is 2.42. The van der Waals surface area contributed by atoms with Gasteiger partial charge in [0.05, 0.1) is 18.4 Å². The molecule has 0 aliphatic carbocycles. The fourth-order valence-corrected chi connectivity index (χ4v) is 3.77. The SMILES string of the molecule is CNC1CCN2c3c(cccc31)C(=O)NC2c1ccc(OC)cc1. The van der Waals surface area contributed by atoms with E-state index < -0.39 is 0 Å². The largest absolute Gasteiger partial charge is 0.497 e. The molecule has 124 valence electrons. The zero-order valence-corrected chi connectivity index (χ0v) is 13.9. The van der Waals surface area contributed by atoms with Gasteiger partial charge < -0.3 is 20.3 Å². The number of nitrogens with one attached hydrogen (secondary N) is 2. The van der Waals surface area contributed by atoms with Gasteiger partial charge in [-0.3, -0.25) is 4.79 Å². The van der Waals surface area contributed by atoms with Crippen molar-refractivity contribution < 1.29 is 9.53 Å². The van der Waals surface area contributed by atoms with Crippen molar-refractivity contribution in [2.75, 3.05) is 25.6 Å². The van der Waals surface area contributed by atoms with E-state index >= 15 is 0 Å². The van der Waals surface area contributed by atoms with Gasteiger partial charge in [-0.25, -0.2) is 0 Å². The predicted molar refractivity (Wildman–Crippen MR) is 93.4 cm³/mol. The average molecular weight is 323 g/mol. The maximum atomic E-state index is 12.6. The summed E-state index contributed by atoms with van der Waals surface area (Å²) in [7, 11) is 3.63. The van der Waals surface area contributed by atoms with Gasteiger partial charge in [-0.2, -0.15) is 0 Å². The van der Waals surface area contributed by atoms with Crippen molar-refractivity contribution in [1.82, 2.24) is 10.6 Å². The lowest BCUT2D eigenvalue weighted by molar-refractivity contribution is 0.0924. The van der Waals surface area contributed by atoms with E-state index in [1.165, 1.54) is 5.56 Å². The van der Waals surface area contributed by atoms with Crippen molar-refractivity contribution >= 4 is 11.6 Å². The molecular weight excluding hydrogens is 302 g/mol. The Hall–Kier alpha value is -2.53. The molecule has 2 aromatic rings. The molecule has 1 amide bonds. The second kappa shape index (κ2) is 5.83. The first-order valence-corrected chi connectivity index (χ1v) is 8.24. The predicted octanol–water partition coefficient (Wildman–Crippen LogP) is 2.61. The highest BCUT2D eigenvalue weighted by molar-refractivity contribution is 6.03. The monoisotopic (exact) mass is 323 g/mol. The van der Waals surface area contributed by atoms with Crippen LogP contribution in [0.3, 0.4) is 0 Å². The molecular formula is C19H21N3O2. The summed E-state index contributed by atoms with van der Waals surface area (Å²) in [4.78, 5) is 14.9. The molecule has 0 saturated heterocycles. The number of ether oxygens (including phenoxy) is 1. The molecule has 24 heavy (non-hydrogen) atoms. The van der Waals surface area contributed by atoms with Gasteiger partial charge in [-0.05, 0) is 42.8 Å². The van der Waals surface area contributed by atoms with Crippen molar-refractivity contribution in [3.8, 4) is 5.75 Å². The molecule has 2 unspecified atom stereocenters. The second-order valence-corrected chi connectivity index (χ2v) is 6.22. The first-order valence-electron chi connectivity index (χ1n) is 8.24. The van der Waals surface area contributed by atoms with Gasteiger partial charge in [0.15, 0.2) is 0 Å². The topological polar surface area (TPSA) is 53.6 Å². The lowest BCUT2D eigenvalue weighted by Crippen LogP contribution is -2.50. The normalized spacial score (nSPS) is 21.9. The quantitative estimate of drug-likeness (QED) is 0.912. The van der Waals surface area contributed by atoms with Crippen molar-refractivity contribution in [1.29, 1.82) is 0 Å². The van der Waals surface area contributed by atoms with E-state index in [9.17, 15) is 4.79 Å². The third kappa shape index (κ3) is 2.24. The van der Waals surface area contributed by atoms with E-state index in [0.717, 1.165) is 35.5 Å². The van der Waals surface area contributed by atoms with Crippen LogP contribution < -0.4 is 20.3 Å². The minimum Gasteiger partial charge on any atom is -0.497 e. The zero-order valence-electron chi connectivity index (χ0n) is 13.9. The summed E-state index contributed by atoms with van der Waals surface area (Å²) in [5.41, 5.74) is 4.09. The van der Waals surface area contributed by atoms with Crippen molar-refractivity contribution in [3.63, 3.8) is 0 Å². The smallest absolute Gasteiger partial charge is 0.255 e. The highest BCUT2D eigenvalue weighted by Gasteiger charge is 2.37. The van der Waals surface area contributed by atoms with Gasteiger partial charge in [0, 0.05) is 12.6 Å². The molecule has 2 aliphatic heterocycles. The van der Waals surface area contributed by atoms with E-state index in [2.05, 4.69) is 21.6 Å². The molecule has 0 radical (unpaired) electrons. The van der Waals surface area contributed by atoms with Crippen molar-refractivity contribution in [2.45, 2.75) is 18.6 Å². The number of carbonyl (C=O) groups excluding carboxylic acids is 1. The Balaban J connectivity index is 1.79. The Bertz CT molecular complexity index is 773. The van der Waals surface area contributed by atoms with Gasteiger partial charge in [0.1, 0.15) is 11.9 Å². The Morgan fingerprint density at radius 3 is 2.71 bits per heavy atom. The number of para-hydroxylation sites is 1. The molecule has 5 heteroatoms. The van der Waals surface area contributed by atoms with Crippen LogP contribution in [-0.4, -0.2) is 26.6 Å². The zero-order chi connectivity index (χ0) is 16.7. The van der Waals surface area contributed by atoms with E-state index in [-0.39, 0.29) is 12.1 Å². The number of nitrogens with zero attached hydrogens (tertiary/aromatic N) is 1. The molecule has 5 nitrogen and oxygen atoms in total. The molecule has 0 aromatic heterocycles. The lowest BCUT2D eigenvalue weighted by atomic mass is 9.90. The van der Waals surface area contributed by atoms with Gasteiger partial charge in [-0.15, -0.1) is 0 Å². The molecule has 0 fully saturated rings. The fourth-order valence-electron chi connectivity index (χ4n) is 3.77. The van der Waals surface area contributed by atoms with Crippen molar-refractivity contribution in [3.05, 3.63) is 59.2 Å². The number of amides is 1. The van der Waals surface area contributed by atoms with Crippen molar-refractivity contribution in [2.24, 2.45) is 0 Å². The van der Waals surface area contributed by atoms with E-state index in [1.54, 1.807) is 7.11 Å². The molecule has 2 N–H and O–H groups in total. The molecule has 2 aromatic carbocycles. The first-order chi connectivity index (χ1) is 11.7. The summed E-state index contributed by atoms with van der Waals surface area (Å²) in [6.07, 6.45) is 0.866. The summed E-state index contributed by atoms with van der Waals surface area (Å²) < 4.78 is 5.24. The van der Waals surface area contributed by atoms with E-state index in [4.69, 9.17) is 4.74 Å². The Morgan fingerprint density at radius 2 is 2.00 bits per heavy atom. The summed E-state index contributed by atoms with van der Waals surface area (Å²) in [5.74, 6) is 0.802. The van der Waals surface area contributed by atoms with Crippen LogP contribution in [-0.2, 0) is 0 Å². The maximum absolute atomic E-state index is 12.6. The molecule has 4 rings (SSSR count). The van der Waals surface area contributed by atoms with E-state index in [0.29, 0.717) is 6.04 Å². The van der Waals surface area contributed by atoms with Crippen LogP contribution in [0.1, 0.15) is 40.1 Å². The molecule has 0 bridgehead atoms. The molecule has 0 saturated carbocycles. The lowest BCUT2D eigenvalue weighted by Gasteiger charge is -2.44. The summed E-state index contributed by atoms with van der Waals surface area (Å²) in [5, 5.41) is 6.51. The molecule has 2 atom stereocenters. The molecule has 2 aliphatic rings. The highest BCUT2D eigenvalue weighted by atomic mass is 16.5. The second-order valence-electron chi connectivity index (χ2n) is 6.22. The van der Waals surface area contributed by atoms with Gasteiger partial charge >= 0.3 is 0 Å². The number of anilines is 1. The van der Waals surface area contributed by atoms with Gasteiger partial charge in [0.2, 0.25) is 0 Å². The number of benzene rings is 2. The van der Waals surface area contributed by atoms with Gasteiger partial charge in [-0.1, -0.05) is 24.3 Å². The Labute approximate surface area is 141 Å². The number of carbonyl (C=O) groups is 1. The number of rotatable bonds is 3. The Morgan fingerprint density at radius 1 is 1.21 bits per heavy atom.